The zero-order valence-corrected chi connectivity index (χ0v) is 6.64. The maximum Gasteiger partial charge on any atom is 0.0551 e. The van der Waals surface area contributed by atoms with Crippen LogP contribution in [0.5, 0.6) is 0 Å². The molecule has 0 radical (unpaired) electrons. The normalized spacial score (nSPS) is 16.1. The molecule has 0 aromatic rings. The Morgan fingerprint density at radius 3 is 2.50 bits per heavy atom. The van der Waals surface area contributed by atoms with Crippen LogP contribution in [0.4, 0.5) is 0 Å². The van der Waals surface area contributed by atoms with Gasteiger partial charge in [-0.15, -0.1) is 0 Å². The maximum absolute atomic E-state index is 8.15. The van der Waals surface area contributed by atoms with E-state index in [1.165, 1.54) is 0 Å². The van der Waals surface area contributed by atoms with Crippen molar-refractivity contribution in [3.63, 3.8) is 0 Å². The van der Waals surface area contributed by atoms with Crippen LogP contribution in [0.3, 0.4) is 0 Å². The second-order valence-corrected chi connectivity index (χ2v) is 3.38. The third kappa shape index (κ3) is 4.12. The van der Waals surface area contributed by atoms with Gasteiger partial charge < -0.3 is 5.21 Å². The second-order valence-electron chi connectivity index (χ2n) is 1.82. The molecule has 0 aromatic carbocycles. The first-order valence-corrected chi connectivity index (χ1v) is 3.40. The van der Waals surface area contributed by atoms with Crippen molar-refractivity contribution in [2.24, 2.45) is 5.16 Å². The molecule has 48 valence electrons. The van der Waals surface area contributed by atoms with Crippen LogP contribution in [0, 0.1) is 0 Å². The summed E-state index contributed by atoms with van der Waals surface area (Å²) in [5.74, 6) is 0. The molecule has 1 atom stereocenters. The van der Waals surface area contributed by atoms with Gasteiger partial charge >= 0.3 is 0 Å². The minimum absolute atomic E-state index is 0.401. The van der Waals surface area contributed by atoms with Crippen molar-refractivity contribution in [1.82, 2.24) is 0 Å². The van der Waals surface area contributed by atoms with Crippen molar-refractivity contribution in [3.05, 3.63) is 0 Å². The summed E-state index contributed by atoms with van der Waals surface area (Å²) in [5, 5.41) is 11.2. The fourth-order valence-electron chi connectivity index (χ4n) is 0.448. The fourth-order valence-corrected chi connectivity index (χ4v) is 0.916. The lowest BCUT2D eigenvalue weighted by atomic mass is 10.2. The summed E-state index contributed by atoms with van der Waals surface area (Å²) in [6.07, 6.45) is 0.802. The third-order valence-electron chi connectivity index (χ3n) is 0.747. The molecule has 0 saturated carbocycles. The largest absolute Gasteiger partial charge is 0.411 e. The highest BCUT2D eigenvalue weighted by molar-refractivity contribution is 9.09. The number of nitrogens with zero attached hydrogens (tertiary/aromatic N) is 1. The Labute approximate surface area is 57.7 Å². The van der Waals surface area contributed by atoms with Crippen molar-refractivity contribution >= 4 is 21.6 Å². The van der Waals surface area contributed by atoms with Crippen molar-refractivity contribution in [2.75, 3.05) is 0 Å². The van der Waals surface area contributed by atoms with E-state index in [1.54, 1.807) is 6.92 Å². The van der Waals surface area contributed by atoms with Crippen LogP contribution < -0.4 is 0 Å². The predicted molar refractivity (Wildman–Crippen MR) is 37.9 cm³/mol. The van der Waals surface area contributed by atoms with E-state index in [0.717, 1.165) is 12.1 Å². The van der Waals surface area contributed by atoms with Gasteiger partial charge in [-0.2, -0.15) is 0 Å². The average Bonchev–Trinajstić information content (AvgIpc) is 1.65. The van der Waals surface area contributed by atoms with E-state index in [1.807, 2.05) is 6.92 Å². The van der Waals surface area contributed by atoms with Crippen LogP contribution in [-0.4, -0.2) is 15.7 Å². The lowest BCUT2D eigenvalue weighted by Crippen LogP contribution is -1.98. The monoisotopic (exact) mass is 179 g/mol. The molecular formula is C5H10BrNO. The molecule has 0 rings (SSSR count). The number of hydrogen-bond donors (Lipinski definition) is 1. The van der Waals surface area contributed by atoms with Crippen LogP contribution in [0.1, 0.15) is 20.3 Å². The van der Waals surface area contributed by atoms with Crippen LogP contribution in [0.2, 0.25) is 0 Å². The van der Waals surface area contributed by atoms with Crippen LogP contribution in [0.25, 0.3) is 0 Å². The first-order chi connectivity index (χ1) is 3.66. The molecular weight excluding hydrogens is 170 g/mol. The quantitative estimate of drug-likeness (QED) is 0.300. The Hall–Kier alpha value is -0.0500. The summed E-state index contributed by atoms with van der Waals surface area (Å²) in [4.78, 5) is 0.401. The van der Waals surface area contributed by atoms with Crippen LogP contribution >= 0.6 is 15.9 Å². The Balaban J connectivity index is 3.39. The van der Waals surface area contributed by atoms with E-state index < -0.39 is 0 Å². The maximum atomic E-state index is 8.15. The van der Waals surface area contributed by atoms with E-state index in [2.05, 4.69) is 21.1 Å². The van der Waals surface area contributed by atoms with Gasteiger partial charge in [-0.25, -0.2) is 0 Å². The van der Waals surface area contributed by atoms with Crippen molar-refractivity contribution in [2.45, 2.75) is 25.1 Å². The molecule has 0 aliphatic rings. The van der Waals surface area contributed by atoms with Gasteiger partial charge in [0.05, 0.1) is 5.71 Å². The Bertz CT molecular complexity index is 90.4. The van der Waals surface area contributed by atoms with Gasteiger partial charge in [0.2, 0.25) is 0 Å². The molecule has 0 aromatic heterocycles. The molecule has 8 heavy (non-hydrogen) atoms. The minimum Gasteiger partial charge on any atom is -0.411 e. The molecule has 1 N–H and O–H groups in total. The highest BCUT2D eigenvalue weighted by atomic mass is 79.9. The van der Waals surface area contributed by atoms with Crippen LogP contribution in [0.15, 0.2) is 5.16 Å². The molecule has 0 bridgehead atoms. The summed E-state index contributed by atoms with van der Waals surface area (Å²) < 4.78 is 0. The SMILES string of the molecule is CC(CC(C)Br)=NO. The Morgan fingerprint density at radius 2 is 2.38 bits per heavy atom. The molecule has 0 aliphatic heterocycles. The molecule has 2 nitrogen and oxygen atoms in total. The van der Waals surface area contributed by atoms with Gasteiger partial charge in [0.25, 0.3) is 0 Å². The highest BCUT2D eigenvalue weighted by Gasteiger charge is 1.96. The predicted octanol–water partition coefficient (Wildman–Crippen LogP) is 2.01. The first-order valence-electron chi connectivity index (χ1n) is 2.48. The molecule has 0 aliphatic carbocycles. The standard InChI is InChI=1S/C5H10BrNO/c1-4(6)3-5(2)7-8/h4,8H,3H2,1-2H3. The zero-order chi connectivity index (χ0) is 6.57. The fraction of sp³-hybridized carbons (Fsp3) is 0.800. The molecule has 0 fully saturated rings. The minimum atomic E-state index is 0.401. The number of halogens is 1. The van der Waals surface area contributed by atoms with Crippen molar-refractivity contribution in [1.29, 1.82) is 0 Å². The summed E-state index contributed by atoms with van der Waals surface area (Å²) in [7, 11) is 0. The van der Waals surface area contributed by atoms with Crippen molar-refractivity contribution in [3.8, 4) is 0 Å². The van der Waals surface area contributed by atoms with Gasteiger partial charge in [-0.3, -0.25) is 0 Å². The molecule has 1 unspecified atom stereocenters. The third-order valence-corrected chi connectivity index (χ3v) is 1.07. The van der Waals surface area contributed by atoms with Crippen LogP contribution in [-0.2, 0) is 0 Å². The number of alkyl halides is 1. The summed E-state index contributed by atoms with van der Waals surface area (Å²) in [6, 6.07) is 0. The lowest BCUT2D eigenvalue weighted by molar-refractivity contribution is 0.317. The molecule has 0 spiro atoms. The second kappa shape index (κ2) is 3.89. The van der Waals surface area contributed by atoms with Gasteiger partial charge in [0.15, 0.2) is 0 Å². The van der Waals surface area contributed by atoms with Crippen molar-refractivity contribution < 1.29 is 5.21 Å². The highest BCUT2D eigenvalue weighted by Crippen LogP contribution is 2.03. The summed E-state index contributed by atoms with van der Waals surface area (Å²) in [6.45, 7) is 3.80. The van der Waals surface area contributed by atoms with E-state index in [9.17, 15) is 0 Å². The average molecular weight is 180 g/mol. The first kappa shape index (κ1) is 7.95. The Morgan fingerprint density at radius 1 is 1.88 bits per heavy atom. The molecule has 0 heterocycles. The van der Waals surface area contributed by atoms with Gasteiger partial charge in [0.1, 0.15) is 0 Å². The van der Waals surface area contributed by atoms with Gasteiger partial charge in [-0.05, 0) is 6.92 Å². The molecule has 3 heteroatoms. The summed E-state index contributed by atoms with van der Waals surface area (Å²) >= 11 is 3.32. The topological polar surface area (TPSA) is 32.6 Å². The van der Waals surface area contributed by atoms with E-state index in [-0.39, 0.29) is 0 Å². The number of rotatable bonds is 2. The van der Waals surface area contributed by atoms with Gasteiger partial charge in [-0.1, -0.05) is 28.0 Å². The Kier molecular flexibility index (Phi) is 3.87. The molecule has 0 amide bonds. The van der Waals surface area contributed by atoms with Gasteiger partial charge in [0, 0.05) is 11.2 Å². The number of oxime groups is 1. The zero-order valence-electron chi connectivity index (χ0n) is 5.06. The molecule has 0 saturated heterocycles. The summed E-state index contributed by atoms with van der Waals surface area (Å²) in [5.41, 5.74) is 0.759. The van der Waals surface area contributed by atoms with E-state index in [4.69, 9.17) is 5.21 Å². The van der Waals surface area contributed by atoms with E-state index in [0.29, 0.717) is 4.83 Å². The van der Waals surface area contributed by atoms with E-state index >= 15 is 0 Å². The smallest absolute Gasteiger partial charge is 0.0551 e. The lowest BCUT2D eigenvalue weighted by Gasteiger charge is -1.97. The number of hydrogen-bond acceptors (Lipinski definition) is 2.